The van der Waals surface area contributed by atoms with E-state index in [-0.39, 0.29) is 0 Å². The number of aromatic nitrogens is 3. The van der Waals surface area contributed by atoms with E-state index in [0.717, 1.165) is 11.3 Å². The summed E-state index contributed by atoms with van der Waals surface area (Å²) in [7, 11) is 0. The molecular formula is C13H9N3S2. The average molecular weight is 271 g/mol. The van der Waals surface area contributed by atoms with Crippen LogP contribution in [0.25, 0.3) is 11.3 Å². The first-order valence-corrected chi connectivity index (χ1v) is 6.25. The Balaban J connectivity index is 2.45. The van der Waals surface area contributed by atoms with Crippen LogP contribution < -0.4 is 0 Å². The van der Waals surface area contributed by atoms with Crippen LogP contribution in [0.1, 0.15) is 0 Å². The number of para-hydroxylation sites is 1. The van der Waals surface area contributed by atoms with Crippen molar-refractivity contribution in [3.63, 3.8) is 0 Å². The van der Waals surface area contributed by atoms with E-state index in [4.69, 9.17) is 24.4 Å². The molecule has 0 aliphatic heterocycles. The maximum Gasteiger partial charge on any atom is 0.208 e. The van der Waals surface area contributed by atoms with Crippen molar-refractivity contribution in [1.29, 1.82) is 0 Å². The van der Waals surface area contributed by atoms with Crippen molar-refractivity contribution < 1.29 is 0 Å². The van der Waals surface area contributed by atoms with Gasteiger partial charge in [0, 0.05) is 6.20 Å². The summed E-state index contributed by atoms with van der Waals surface area (Å²) in [4.78, 5) is 4.39. The second kappa shape index (κ2) is 4.44. The zero-order valence-corrected chi connectivity index (χ0v) is 11.0. The van der Waals surface area contributed by atoms with Crippen molar-refractivity contribution in [3.05, 3.63) is 64.3 Å². The first-order chi connectivity index (χ1) is 8.77. The number of rotatable bonds is 1. The second-order valence-electron chi connectivity index (χ2n) is 3.78. The molecule has 0 amide bonds. The lowest BCUT2D eigenvalue weighted by molar-refractivity contribution is 0.854. The van der Waals surface area contributed by atoms with Crippen LogP contribution in [-0.2, 0) is 0 Å². The largest absolute Gasteiger partial charge is 0.278 e. The Hall–Kier alpha value is -1.85. The normalized spacial score (nSPS) is 10.7. The van der Waals surface area contributed by atoms with Gasteiger partial charge >= 0.3 is 0 Å². The number of hydrogen-bond donors (Lipinski definition) is 0. The second-order valence-corrected chi connectivity index (χ2v) is 4.51. The Labute approximate surface area is 114 Å². The monoisotopic (exact) mass is 271 g/mol. The van der Waals surface area contributed by atoms with Gasteiger partial charge in [0.2, 0.25) is 4.77 Å². The zero-order chi connectivity index (χ0) is 12.5. The molecule has 3 rings (SSSR count). The first-order valence-electron chi connectivity index (χ1n) is 5.43. The molecule has 0 N–H and O–H groups in total. The minimum absolute atomic E-state index is 0.470. The van der Waals surface area contributed by atoms with Crippen molar-refractivity contribution in [2.24, 2.45) is 0 Å². The third-order valence-corrected chi connectivity index (χ3v) is 3.30. The predicted octanol–water partition coefficient (Wildman–Crippen LogP) is 3.58. The molecule has 3 nitrogen and oxygen atoms in total. The molecule has 88 valence electrons. The molecule has 2 aromatic heterocycles. The Morgan fingerprint density at radius 1 is 0.889 bits per heavy atom. The van der Waals surface area contributed by atoms with E-state index < -0.39 is 0 Å². The molecule has 0 unspecified atom stereocenters. The van der Waals surface area contributed by atoms with E-state index in [1.54, 1.807) is 4.57 Å². The van der Waals surface area contributed by atoms with Crippen LogP contribution in [0.2, 0.25) is 0 Å². The molecule has 0 aliphatic rings. The van der Waals surface area contributed by atoms with Gasteiger partial charge in [-0.25, -0.2) is 4.98 Å². The fraction of sp³-hybridized carbons (Fsp3) is 0. The third-order valence-electron chi connectivity index (χ3n) is 2.65. The van der Waals surface area contributed by atoms with Gasteiger partial charge in [-0.15, -0.1) is 0 Å². The highest BCUT2D eigenvalue weighted by molar-refractivity contribution is 7.72. The summed E-state index contributed by atoms with van der Waals surface area (Å²) in [5.74, 6) is 0. The predicted molar refractivity (Wildman–Crippen MR) is 76.2 cm³/mol. The smallest absolute Gasteiger partial charge is 0.208 e. The van der Waals surface area contributed by atoms with Gasteiger partial charge < -0.3 is 0 Å². The molecule has 0 saturated carbocycles. The summed E-state index contributed by atoms with van der Waals surface area (Å²) >= 11 is 10.8. The number of benzene rings is 1. The fourth-order valence-corrected chi connectivity index (χ4v) is 2.51. The number of pyridine rings is 1. The summed E-state index contributed by atoms with van der Waals surface area (Å²) < 4.78 is 4.73. The lowest BCUT2D eigenvalue weighted by Crippen LogP contribution is -2.07. The van der Waals surface area contributed by atoms with Gasteiger partial charge in [0.15, 0.2) is 4.77 Å². The third kappa shape index (κ3) is 1.77. The Bertz CT molecular complexity index is 819. The molecule has 18 heavy (non-hydrogen) atoms. The lowest BCUT2D eigenvalue weighted by atomic mass is 10.3. The molecule has 5 heteroatoms. The standard InChI is InChI=1S/C13H9N3S2/c17-12-14-11-8-4-5-9-15(11)13(18)16(12)10-6-2-1-3-7-10/h1-9H. The molecule has 0 atom stereocenters. The summed E-state index contributed by atoms with van der Waals surface area (Å²) in [5.41, 5.74) is 1.69. The molecule has 2 heterocycles. The van der Waals surface area contributed by atoms with E-state index in [0.29, 0.717) is 9.54 Å². The lowest BCUT2D eigenvalue weighted by Gasteiger charge is -2.09. The van der Waals surface area contributed by atoms with Gasteiger partial charge in [-0.05, 0) is 48.7 Å². The SMILES string of the molecule is S=c1nc2ccccn2c(=S)n1-c1ccccc1. The van der Waals surface area contributed by atoms with E-state index in [9.17, 15) is 0 Å². The van der Waals surface area contributed by atoms with Crippen LogP contribution in [-0.4, -0.2) is 14.0 Å². The van der Waals surface area contributed by atoms with Crippen LogP contribution in [0.3, 0.4) is 0 Å². The van der Waals surface area contributed by atoms with Crippen molar-refractivity contribution in [2.75, 3.05) is 0 Å². The first kappa shape index (κ1) is 11.3. The van der Waals surface area contributed by atoms with Crippen molar-refractivity contribution in [2.45, 2.75) is 0 Å². The fourth-order valence-electron chi connectivity index (χ4n) is 1.82. The maximum absolute atomic E-state index is 5.48. The Morgan fingerprint density at radius 2 is 1.61 bits per heavy atom. The van der Waals surface area contributed by atoms with Gasteiger partial charge in [-0.2, -0.15) is 0 Å². The van der Waals surface area contributed by atoms with Crippen molar-refractivity contribution >= 4 is 30.1 Å². The maximum atomic E-state index is 5.48. The van der Waals surface area contributed by atoms with Crippen LogP contribution in [0.5, 0.6) is 0 Å². The highest BCUT2D eigenvalue weighted by Gasteiger charge is 2.03. The van der Waals surface area contributed by atoms with Crippen molar-refractivity contribution in [1.82, 2.24) is 14.0 Å². The van der Waals surface area contributed by atoms with Crippen LogP contribution in [0, 0.1) is 9.54 Å². The molecule has 0 radical (unpaired) electrons. The quantitative estimate of drug-likeness (QED) is 0.632. The molecule has 3 aromatic rings. The number of hydrogen-bond acceptors (Lipinski definition) is 3. The molecule has 0 saturated heterocycles. The number of fused-ring (bicyclic) bond motifs is 1. The van der Waals surface area contributed by atoms with Gasteiger partial charge in [-0.3, -0.25) is 8.97 Å². The van der Waals surface area contributed by atoms with Crippen LogP contribution >= 0.6 is 24.4 Å². The summed E-state index contributed by atoms with van der Waals surface area (Å²) in [6, 6.07) is 15.5. The molecule has 1 aromatic carbocycles. The summed E-state index contributed by atoms with van der Waals surface area (Å²) in [5, 5.41) is 0. The van der Waals surface area contributed by atoms with Crippen LogP contribution in [0.15, 0.2) is 54.7 Å². The molecular weight excluding hydrogens is 262 g/mol. The Morgan fingerprint density at radius 3 is 2.39 bits per heavy atom. The summed E-state index contributed by atoms with van der Waals surface area (Å²) in [6.07, 6.45) is 1.89. The average Bonchev–Trinajstić information content (AvgIpc) is 2.40. The van der Waals surface area contributed by atoms with E-state index >= 15 is 0 Å². The van der Waals surface area contributed by atoms with Crippen LogP contribution in [0.4, 0.5) is 0 Å². The zero-order valence-electron chi connectivity index (χ0n) is 9.35. The summed E-state index contributed by atoms with van der Waals surface area (Å²) in [6.45, 7) is 0. The molecule has 0 aliphatic carbocycles. The van der Waals surface area contributed by atoms with Gasteiger partial charge in [-0.1, -0.05) is 24.3 Å². The minimum atomic E-state index is 0.470. The van der Waals surface area contributed by atoms with E-state index in [1.165, 1.54) is 0 Å². The highest BCUT2D eigenvalue weighted by atomic mass is 32.1. The van der Waals surface area contributed by atoms with Gasteiger partial charge in [0.25, 0.3) is 0 Å². The topological polar surface area (TPSA) is 22.2 Å². The molecule has 0 spiro atoms. The molecule has 0 bridgehead atoms. The highest BCUT2D eigenvalue weighted by Crippen LogP contribution is 2.10. The molecule has 0 fully saturated rings. The van der Waals surface area contributed by atoms with Gasteiger partial charge in [0.05, 0.1) is 5.69 Å². The van der Waals surface area contributed by atoms with E-state index in [1.807, 2.05) is 59.1 Å². The Kier molecular flexibility index (Phi) is 2.77. The van der Waals surface area contributed by atoms with Crippen molar-refractivity contribution in [3.8, 4) is 5.69 Å². The number of nitrogens with zero attached hydrogens (tertiary/aromatic N) is 3. The van der Waals surface area contributed by atoms with Gasteiger partial charge in [0.1, 0.15) is 5.65 Å². The minimum Gasteiger partial charge on any atom is -0.278 e. The van der Waals surface area contributed by atoms with E-state index in [2.05, 4.69) is 4.98 Å².